The summed E-state index contributed by atoms with van der Waals surface area (Å²) in [5.41, 5.74) is 17.4. The van der Waals surface area contributed by atoms with E-state index in [2.05, 4.69) is 28.5 Å². The topological polar surface area (TPSA) is 96.9 Å². The monoisotopic (exact) mass is 334 g/mol. The number of nitrogen functional groups attached to an aromatic ring is 1. The standard InChI is InChI=1S/C20H22N4O/c21-11-12-4-6-16-13(8-12)2-1-3-18(16)24-20(25)19-10-14-9-15(22)5-7-17(14)23-19/h4-10,18,23H,1-3,11,21-22H2,(H,24,25). The molecule has 5 nitrogen and oxygen atoms in total. The van der Waals surface area contributed by atoms with Crippen LogP contribution in [0.1, 0.15) is 46.1 Å². The van der Waals surface area contributed by atoms with E-state index in [-0.39, 0.29) is 11.9 Å². The van der Waals surface area contributed by atoms with Crippen LogP contribution in [0, 0.1) is 0 Å². The number of aryl methyl sites for hydroxylation is 1. The highest BCUT2D eigenvalue weighted by atomic mass is 16.1. The first-order valence-corrected chi connectivity index (χ1v) is 8.65. The molecule has 25 heavy (non-hydrogen) atoms. The Kier molecular flexibility index (Phi) is 3.93. The number of aromatic nitrogens is 1. The van der Waals surface area contributed by atoms with E-state index < -0.39 is 0 Å². The lowest BCUT2D eigenvalue weighted by atomic mass is 9.86. The molecule has 1 amide bonds. The van der Waals surface area contributed by atoms with Crippen LogP contribution in [0.25, 0.3) is 10.9 Å². The van der Waals surface area contributed by atoms with Crippen molar-refractivity contribution >= 4 is 22.5 Å². The van der Waals surface area contributed by atoms with Crippen molar-refractivity contribution in [3.05, 3.63) is 64.8 Å². The Morgan fingerprint density at radius 3 is 2.92 bits per heavy atom. The van der Waals surface area contributed by atoms with Gasteiger partial charge < -0.3 is 21.8 Å². The van der Waals surface area contributed by atoms with Gasteiger partial charge in [0.15, 0.2) is 0 Å². The predicted octanol–water partition coefficient (Wildman–Crippen LogP) is 3.02. The number of carbonyl (C=O) groups is 1. The Balaban J connectivity index is 1.58. The van der Waals surface area contributed by atoms with Crippen LogP contribution in [0.5, 0.6) is 0 Å². The number of nitrogens with one attached hydrogen (secondary N) is 2. The molecule has 0 bridgehead atoms. The first kappa shape index (κ1) is 15.7. The fourth-order valence-electron chi connectivity index (χ4n) is 3.65. The average molecular weight is 334 g/mol. The van der Waals surface area contributed by atoms with Crippen molar-refractivity contribution in [1.29, 1.82) is 0 Å². The summed E-state index contributed by atoms with van der Waals surface area (Å²) in [6.07, 6.45) is 3.06. The molecule has 0 spiro atoms. The van der Waals surface area contributed by atoms with E-state index >= 15 is 0 Å². The molecule has 0 saturated carbocycles. The van der Waals surface area contributed by atoms with Crippen LogP contribution >= 0.6 is 0 Å². The summed E-state index contributed by atoms with van der Waals surface area (Å²) < 4.78 is 0. The minimum Gasteiger partial charge on any atom is -0.399 e. The third kappa shape index (κ3) is 2.98. The lowest BCUT2D eigenvalue weighted by Crippen LogP contribution is -2.31. The van der Waals surface area contributed by atoms with Gasteiger partial charge in [-0.25, -0.2) is 0 Å². The fraction of sp³-hybridized carbons (Fsp3) is 0.250. The first-order valence-electron chi connectivity index (χ1n) is 8.65. The van der Waals surface area contributed by atoms with E-state index in [0.29, 0.717) is 17.9 Å². The van der Waals surface area contributed by atoms with Crippen molar-refractivity contribution in [2.24, 2.45) is 5.73 Å². The normalized spacial score (nSPS) is 16.6. The van der Waals surface area contributed by atoms with Gasteiger partial charge in [0.05, 0.1) is 6.04 Å². The number of nitrogens with two attached hydrogens (primary N) is 2. The highest BCUT2D eigenvalue weighted by Crippen LogP contribution is 2.31. The number of carbonyl (C=O) groups excluding carboxylic acids is 1. The quantitative estimate of drug-likeness (QED) is 0.554. The first-order chi connectivity index (χ1) is 12.1. The molecule has 0 radical (unpaired) electrons. The van der Waals surface area contributed by atoms with Crippen molar-refractivity contribution < 1.29 is 4.79 Å². The molecule has 5 heteroatoms. The summed E-state index contributed by atoms with van der Waals surface area (Å²) >= 11 is 0. The van der Waals surface area contributed by atoms with Gasteiger partial charge in [0.1, 0.15) is 5.69 Å². The molecular weight excluding hydrogens is 312 g/mol. The lowest BCUT2D eigenvalue weighted by molar-refractivity contribution is 0.0928. The van der Waals surface area contributed by atoms with Gasteiger partial charge in [0.2, 0.25) is 0 Å². The summed E-state index contributed by atoms with van der Waals surface area (Å²) in [7, 11) is 0. The number of fused-ring (bicyclic) bond motifs is 2. The number of rotatable bonds is 3. The number of H-pyrrole nitrogens is 1. The van der Waals surface area contributed by atoms with Gasteiger partial charge in [-0.1, -0.05) is 18.2 Å². The summed E-state index contributed by atoms with van der Waals surface area (Å²) in [5.74, 6) is -0.0875. The Morgan fingerprint density at radius 2 is 2.08 bits per heavy atom. The number of amides is 1. The molecule has 1 aliphatic rings. The molecule has 1 atom stereocenters. The Labute approximate surface area is 146 Å². The lowest BCUT2D eigenvalue weighted by Gasteiger charge is -2.26. The summed E-state index contributed by atoms with van der Waals surface area (Å²) in [4.78, 5) is 15.9. The molecule has 4 rings (SSSR count). The Morgan fingerprint density at radius 1 is 1.20 bits per heavy atom. The second-order valence-electron chi connectivity index (χ2n) is 6.69. The average Bonchev–Trinajstić information content (AvgIpc) is 3.04. The number of hydrogen-bond donors (Lipinski definition) is 4. The van der Waals surface area contributed by atoms with Crippen LogP contribution in [0.4, 0.5) is 5.69 Å². The van der Waals surface area contributed by atoms with Gasteiger partial charge in [-0.3, -0.25) is 4.79 Å². The minimum absolute atomic E-state index is 0.0413. The smallest absolute Gasteiger partial charge is 0.268 e. The maximum atomic E-state index is 12.7. The highest BCUT2D eigenvalue weighted by Gasteiger charge is 2.23. The molecule has 0 fully saturated rings. The van der Waals surface area contributed by atoms with Crippen LogP contribution in [0.15, 0.2) is 42.5 Å². The van der Waals surface area contributed by atoms with E-state index in [9.17, 15) is 4.79 Å². The van der Waals surface area contributed by atoms with E-state index in [1.165, 1.54) is 11.1 Å². The molecule has 128 valence electrons. The van der Waals surface area contributed by atoms with E-state index in [0.717, 1.165) is 35.7 Å². The highest BCUT2D eigenvalue weighted by molar-refractivity contribution is 5.98. The molecule has 1 aromatic heterocycles. The number of anilines is 1. The molecule has 1 aliphatic carbocycles. The second kappa shape index (κ2) is 6.26. The van der Waals surface area contributed by atoms with Gasteiger partial charge in [-0.05, 0) is 60.2 Å². The molecule has 1 unspecified atom stereocenters. The van der Waals surface area contributed by atoms with Gasteiger partial charge >= 0.3 is 0 Å². The van der Waals surface area contributed by atoms with Crippen molar-refractivity contribution in [2.75, 3.05) is 5.73 Å². The third-order valence-electron chi connectivity index (χ3n) is 4.95. The molecule has 6 N–H and O–H groups in total. The summed E-state index contributed by atoms with van der Waals surface area (Å²) in [6, 6.07) is 13.8. The summed E-state index contributed by atoms with van der Waals surface area (Å²) in [6.45, 7) is 0.544. The molecule has 0 aliphatic heterocycles. The zero-order valence-corrected chi connectivity index (χ0v) is 14.0. The zero-order chi connectivity index (χ0) is 17.4. The van der Waals surface area contributed by atoms with Crippen LogP contribution in [-0.2, 0) is 13.0 Å². The van der Waals surface area contributed by atoms with Gasteiger partial charge in [-0.15, -0.1) is 0 Å². The molecular formula is C20H22N4O. The Hall–Kier alpha value is -2.79. The van der Waals surface area contributed by atoms with E-state index in [1.54, 1.807) is 0 Å². The second-order valence-corrected chi connectivity index (χ2v) is 6.69. The largest absolute Gasteiger partial charge is 0.399 e. The van der Waals surface area contributed by atoms with Crippen molar-refractivity contribution in [1.82, 2.24) is 10.3 Å². The maximum Gasteiger partial charge on any atom is 0.268 e. The summed E-state index contributed by atoms with van der Waals surface area (Å²) in [5, 5.41) is 4.12. The zero-order valence-electron chi connectivity index (χ0n) is 14.0. The van der Waals surface area contributed by atoms with Crippen LogP contribution in [-0.4, -0.2) is 10.9 Å². The molecule has 0 saturated heterocycles. The maximum absolute atomic E-state index is 12.7. The van der Waals surface area contributed by atoms with Crippen molar-refractivity contribution in [3.63, 3.8) is 0 Å². The Bertz CT molecular complexity index is 944. The SMILES string of the molecule is NCc1ccc2c(c1)CCCC2NC(=O)c1cc2cc(N)ccc2[nH]1. The molecule has 1 heterocycles. The van der Waals surface area contributed by atoms with Gasteiger partial charge in [-0.2, -0.15) is 0 Å². The predicted molar refractivity (Wildman–Crippen MR) is 100 cm³/mol. The minimum atomic E-state index is -0.0875. The van der Waals surface area contributed by atoms with E-state index in [1.807, 2.05) is 24.3 Å². The van der Waals surface area contributed by atoms with Crippen molar-refractivity contribution in [2.45, 2.75) is 31.8 Å². The van der Waals surface area contributed by atoms with Gasteiger partial charge in [0.25, 0.3) is 5.91 Å². The van der Waals surface area contributed by atoms with Crippen LogP contribution in [0.3, 0.4) is 0 Å². The number of aromatic amines is 1. The van der Waals surface area contributed by atoms with Crippen LogP contribution < -0.4 is 16.8 Å². The molecule has 3 aromatic rings. The number of hydrogen-bond acceptors (Lipinski definition) is 3. The number of benzene rings is 2. The third-order valence-corrected chi connectivity index (χ3v) is 4.95. The molecule has 2 aromatic carbocycles. The van der Waals surface area contributed by atoms with E-state index in [4.69, 9.17) is 11.5 Å². The fourth-order valence-corrected chi connectivity index (χ4v) is 3.65. The van der Waals surface area contributed by atoms with Gasteiger partial charge in [0, 0.05) is 23.1 Å². The van der Waals surface area contributed by atoms with Crippen LogP contribution in [0.2, 0.25) is 0 Å². The van der Waals surface area contributed by atoms with Crippen molar-refractivity contribution in [3.8, 4) is 0 Å².